The minimum atomic E-state index is -0.632. The van der Waals surface area contributed by atoms with Gasteiger partial charge in [-0.2, -0.15) is 0 Å². The Hall–Kier alpha value is -1.62. The Kier molecular flexibility index (Phi) is 5.09. The van der Waals surface area contributed by atoms with Crippen LogP contribution in [0.2, 0.25) is 0 Å². The van der Waals surface area contributed by atoms with E-state index in [9.17, 15) is 9.18 Å². The number of carbonyl (C=O) groups excluding carboxylic acids is 1. The number of hydrogen-bond acceptors (Lipinski definition) is 3. The fourth-order valence-electron chi connectivity index (χ4n) is 1.27. The van der Waals surface area contributed by atoms with Gasteiger partial charge in [0.1, 0.15) is 11.6 Å². The zero-order chi connectivity index (χ0) is 13.6. The number of nitrogens with one attached hydrogen (secondary N) is 1. The van der Waals surface area contributed by atoms with Crippen molar-refractivity contribution in [2.24, 2.45) is 0 Å². The lowest BCUT2D eigenvalue weighted by atomic mass is 10.1. The average Bonchev–Trinajstić information content (AvgIpc) is 2.31. The predicted molar refractivity (Wildman–Crippen MR) is 65.8 cm³/mol. The Morgan fingerprint density at radius 1 is 1.39 bits per heavy atom. The summed E-state index contributed by atoms with van der Waals surface area (Å²) in [5, 5.41) is 11.7. The van der Waals surface area contributed by atoms with Crippen molar-refractivity contribution in [2.45, 2.75) is 25.8 Å². The van der Waals surface area contributed by atoms with Gasteiger partial charge in [-0.1, -0.05) is 0 Å². The molecule has 100 valence electrons. The van der Waals surface area contributed by atoms with Crippen molar-refractivity contribution in [1.82, 2.24) is 5.32 Å². The topological polar surface area (TPSA) is 58.6 Å². The number of hydrogen-bond donors (Lipinski definition) is 2. The maximum absolute atomic E-state index is 12.6. The molecule has 0 aliphatic heterocycles. The van der Waals surface area contributed by atoms with E-state index >= 15 is 0 Å². The summed E-state index contributed by atoms with van der Waals surface area (Å²) in [7, 11) is 0. The minimum Gasteiger partial charge on any atom is -0.493 e. The van der Waals surface area contributed by atoms with Gasteiger partial charge in [0, 0.05) is 0 Å². The van der Waals surface area contributed by atoms with Crippen LogP contribution in [0.5, 0.6) is 5.75 Å². The first-order chi connectivity index (χ1) is 8.43. The summed E-state index contributed by atoms with van der Waals surface area (Å²) >= 11 is 0. The maximum atomic E-state index is 12.6. The molecule has 0 fully saturated rings. The van der Waals surface area contributed by atoms with Crippen molar-refractivity contribution in [3.63, 3.8) is 0 Å². The smallest absolute Gasteiger partial charge is 0.223 e. The maximum Gasteiger partial charge on any atom is 0.223 e. The van der Waals surface area contributed by atoms with E-state index in [1.54, 1.807) is 13.8 Å². The van der Waals surface area contributed by atoms with Gasteiger partial charge < -0.3 is 15.2 Å². The second-order valence-electron chi connectivity index (χ2n) is 4.64. The van der Waals surface area contributed by atoms with Crippen LogP contribution in [0.3, 0.4) is 0 Å². The van der Waals surface area contributed by atoms with Crippen molar-refractivity contribution < 1.29 is 19.0 Å². The molecule has 0 atom stereocenters. The molecule has 0 heterocycles. The zero-order valence-electron chi connectivity index (χ0n) is 10.6. The molecule has 1 rings (SSSR count). The van der Waals surface area contributed by atoms with Crippen molar-refractivity contribution >= 4 is 5.91 Å². The van der Waals surface area contributed by atoms with Gasteiger partial charge >= 0.3 is 0 Å². The van der Waals surface area contributed by atoms with E-state index in [1.165, 1.54) is 24.3 Å². The molecular formula is C13H18FNO3. The third-order valence-electron chi connectivity index (χ3n) is 2.28. The Morgan fingerprint density at radius 3 is 2.56 bits per heavy atom. The third kappa shape index (κ3) is 5.14. The molecule has 18 heavy (non-hydrogen) atoms. The molecule has 0 saturated heterocycles. The van der Waals surface area contributed by atoms with Crippen molar-refractivity contribution in [2.75, 3.05) is 13.2 Å². The molecule has 0 aromatic heterocycles. The summed E-state index contributed by atoms with van der Waals surface area (Å²) in [5.41, 5.74) is -0.632. The Labute approximate surface area is 106 Å². The normalized spacial score (nSPS) is 11.1. The predicted octanol–water partition coefficient (Wildman–Crippen LogP) is 1.48. The molecule has 1 aromatic carbocycles. The van der Waals surface area contributed by atoms with Gasteiger partial charge in [-0.3, -0.25) is 4.79 Å². The molecule has 5 heteroatoms. The summed E-state index contributed by atoms with van der Waals surface area (Å²) < 4.78 is 17.9. The number of carbonyl (C=O) groups is 1. The molecular weight excluding hydrogens is 237 g/mol. The van der Waals surface area contributed by atoms with E-state index in [-0.39, 0.29) is 31.4 Å². The number of rotatable bonds is 6. The van der Waals surface area contributed by atoms with Crippen LogP contribution in [0.15, 0.2) is 24.3 Å². The molecule has 0 aliphatic rings. The highest BCUT2D eigenvalue weighted by atomic mass is 19.1. The molecule has 0 unspecified atom stereocenters. The highest BCUT2D eigenvalue weighted by Crippen LogP contribution is 2.11. The van der Waals surface area contributed by atoms with E-state index < -0.39 is 5.54 Å². The molecule has 1 amide bonds. The largest absolute Gasteiger partial charge is 0.493 e. The number of aliphatic hydroxyl groups excluding tert-OH is 1. The van der Waals surface area contributed by atoms with Crippen LogP contribution in [0.1, 0.15) is 20.3 Å². The summed E-state index contributed by atoms with van der Waals surface area (Å²) in [6.45, 7) is 3.54. The van der Waals surface area contributed by atoms with E-state index in [1.807, 2.05) is 0 Å². The summed E-state index contributed by atoms with van der Waals surface area (Å²) in [6, 6.07) is 5.60. The summed E-state index contributed by atoms with van der Waals surface area (Å²) in [5.74, 6) is -0.00781. The highest BCUT2D eigenvalue weighted by Gasteiger charge is 2.18. The van der Waals surface area contributed by atoms with Crippen LogP contribution >= 0.6 is 0 Å². The van der Waals surface area contributed by atoms with Crippen LogP contribution in [0.4, 0.5) is 4.39 Å². The Bertz CT molecular complexity index is 390. The first-order valence-electron chi connectivity index (χ1n) is 5.73. The van der Waals surface area contributed by atoms with Gasteiger partial charge in [-0.05, 0) is 38.1 Å². The van der Waals surface area contributed by atoms with Gasteiger partial charge in [0.05, 0.1) is 25.2 Å². The van der Waals surface area contributed by atoms with E-state index in [0.717, 1.165) is 0 Å². The van der Waals surface area contributed by atoms with E-state index in [2.05, 4.69) is 5.32 Å². The fourth-order valence-corrected chi connectivity index (χ4v) is 1.27. The Balaban J connectivity index is 2.29. The summed E-state index contributed by atoms with van der Waals surface area (Å²) in [4.78, 5) is 11.5. The van der Waals surface area contributed by atoms with Crippen LogP contribution < -0.4 is 10.1 Å². The second kappa shape index (κ2) is 6.35. The van der Waals surface area contributed by atoms with E-state index in [4.69, 9.17) is 9.84 Å². The standard InChI is InChI=1S/C13H18FNO3/c1-13(2,9-16)15-12(17)7-8-18-11-5-3-10(14)4-6-11/h3-6,16H,7-9H2,1-2H3,(H,15,17). The van der Waals surface area contributed by atoms with Gasteiger partial charge in [0.2, 0.25) is 5.91 Å². The van der Waals surface area contributed by atoms with Crippen LogP contribution in [-0.2, 0) is 4.79 Å². The third-order valence-corrected chi connectivity index (χ3v) is 2.28. The van der Waals surface area contributed by atoms with E-state index in [0.29, 0.717) is 5.75 Å². The van der Waals surface area contributed by atoms with Crippen molar-refractivity contribution in [3.05, 3.63) is 30.1 Å². The first-order valence-corrected chi connectivity index (χ1v) is 5.73. The SMILES string of the molecule is CC(C)(CO)NC(=O)CCOc1ccc(F)cc1. The fraction of sp³-hybridized carbons (Fsp3) is 0.462. The molecule has 4 nitrogen and oxygen atoms in total. The van der Waals surface area contributed by atoms with Crippen LogP contribution in [-0.4, -0.2) is 29.8 Å². The van der Waals surface area contributed by atoms with Gasteiger partial charge in [0.25, 0.3) is 0 Å². The van der Waals surface area contributed by atoms with Gasteiger partial charge in [0.15, 0.2) is 0 Å². The number of halogens is 1. The molecule has 0 aliphatic carbocycles. The monoisotopic (exact) mass is 255 g/mol. The molecule has 0 radical (unpaired) electrons. The zero-order valence-corrected chi connectivity index (χ0v) is 10.6. The molecule has 0 spiro atoms. The average molecular weight is 255 g/mol. The van der Waals surface area contributed by atoms with Crippen molar-refractivity contribution in [1.29, 1.82) is 0 Å². The molecule has 0 saturated carbocycles. The lowest BCUT2D eigenvalue weighted by Crippen LogP contribution is -2.46. The number of benzene rings is 1. The van der Waals surface area contributed by atoms with Gasteiger partial charge in [-0.15, -0.1) is 0 Å². The van der Waals surface area contributed by atoms with Crippen LogP contribution in [0, 0.1) is 5.82 Å². The van der Waals surface area contributed by atoms with Crippen LogP contribution in [0.25, 0.3) is 0 Å². The molecule has 1 aromatic rings. The molecule has 0 bridgehead atoms. The van der Waals surface area contributed by atoms with Gasteiger partial charge in [-0.25, -0.2) is 4.39 Å². The first kappa shape index (κ1) is 14.4. The number of ether oxygens (including phenoxy) is 1. The number of amides is 1. The minimum absolute atomic E-state index is 0.127. The Morgan fingerprint density at radius 2 is 2.00 bits per heavy atom. The highest BCUT2D eigenvalue weighted by molar-refractivity contribution is 5.76. The lowest BCUT2D eigenvalue weighted by molar-refractivity contribution is -0.123. The lowest BCUT2D eigenvalue weighted by Gasteiger charge is -2.23. The van der Waals surface area contributed by atoms with Crippen molar-refractivity contribution in [3.8, 4) is 5.75 Å². The summed E-state index contributed by atoms with van der Waals surface area (Å²) in [6.07, 6.45) is 0.181. The quantitative estimate of drug-likeness (QED) is 0.809. The number of aliphatic hydroxyl groups is 1. The molecule has 2 N–H and O–H groups in total. The second-order valence-corrected chi connectivity index (χ2v) is 4.64.